The number of nitrogens with zero attached hydrogens (tertiary/aromatic N) is 2. The molecular weight excluding hydrogens is 274 g/mol. The molecule has 118 valence electrons. The summed E-state index contributed by atoms with van der Waals surface area (Å²) in [4.78, 5) is 2.27. The van der Waals surface area contributed by atoms with Gasteiger partial charge in [-0.2, -0.15) is 0 Å². The number of anilines is 2. The van der Waals surface area contributed by atoms with Gasteiger partial charge in [-0.15, -0.1) is 0 Å². The summed E-state index contributed by atoms with van der Waals surface area (Å²) in [6.07, 6.45) is 0.986. The van der Waals surface area contributed by atoms with Crippen LogP contribution in [-0.4, -0.2) is 27.2 Å². The van der Waals surface area contributed by atoms with Gasteiger partial charge in [0.2, 0.25) is 0 Å². The van der Waals surface area contributed by atoms with E-state index in [1.54, 1.807) is 0 Å². The van der Waals surface area contributed by atoms with Crippen LogP contribution < -0.4 is 19.5 Å². The van der Waals surface area contributed by atoms with E-state index in [1.165, 1.54) is 11.4 Å². The molecule has 1 N–H and O–H groups in total. The van der Waals surface area contributed by atoms with E-state index >= 15 is 0 Å². The zero-order valence-electron chi connectivity index (χ0n) is 14.0. The van der Waals surface area contributed by atoms with Gasteiger partial charge in [-0.25, -0.2) is 4.57 Å². The summed E-state index contributed by atoms with van der Waals surface area (Å²) in [5.74, 6) is 2.05. The number of benzene rings is 1. The minimum Gasteiger partial charge on any atom is -0.494 e. The maximum atomic E-state index is 5.74. The van der Waals surface area contributed by atoms with Crippen LogP contribution in [0, 0.1) is 6.92 Å². The molecule has 1 heterocycles. The van der Waals surface area contributed by atoms with E-state index < -0.39 is 0 Å². The minimum absolute atomic E-state index is 0.729. The molecule has 0 fully saturated rings. The van der Waals surface area contributed by atoms with Crippen molar-refractivity contribution in [1.29, 1.82) is 0 Å². The molecule has 0 aliphatic rings. The molecule has 0 atom stereocenters. The molecule has 2 rings (SSSR count). The smallest absolute Gasteiger partial charge is 0.276 e. The highest BCUT2D eigenvalue weighted by atomic mass is 16.5. The van der Waals surface area contributed by atoms with E-state index in [0.29, 0.717) is 0 Å². The van der Waals surface area contributed by atoms with Crippen LogP contribution in [-0.2, 0) is 7.05 Å². The molecule has 0 unspecified atom stereocenters. The number of nitrogens with one attached hydrogen (secondary N) is 1. The second kappa shape index (κ2) is 7.69. The lowest BCUT2D eigenvalue weighted by molar-refractivity contribution is -0.663. The molecule has 0 amide bonds. The average Bonchev–Trinajstić information content (AvgIpc) is 2.54. The van der Waals surface area contributed by atoms with Gasteiger partial charge in [-0.3, -0.25) is 5.32 Å². The molecule has 0 radical (unpaired) electrons. The summed E-state index contributed by atoms with van der Waals surface area (Å²) >= 11 is 0. The molecule has 4 nitrogen and oxygen atoms in total. The average molecular weight is 300 g/mol. The van der Waals surface area contributed by atoms with Gasteiger partial charge in [0.1, 0.15) is 11.4 Å². The molecule has 1 aromatic carbocycles. The second-order valence-electron chi connectivity index (χ2n) is 5.49. The highest BCUT2D eigenvalue weighted by Crippen LogP contribution is 2.17. The number of hydrogen-bond acceptors (Lipinski definition) is 3. The van der Waals surface area contributed by atoms with E-state index in [4.69, 9.17) is 4.74 Å². The minimum atomic E-state index is 0.729. The van der Waals surface area contributed by atoms with Crippen molar-refractivity contribution in [1.82, 2.24) is 0 Å². The Kier molecular flexibility index (Phi) is 5.64. The number of aryl methyl sites for hydroxylation is 1. The van der Waals surface area contributed by atoms with Crippen LogP contribution >= 0.6 is 0 Å². The third-order valence-corrected chi connectivity index (χ3v) is 3.88. The zero-order valence-corrected chi connectivity index (χ0v) is 14.0. The molecule has 0 saturated heterocycles. The van der Waals surface area contributed by atoms with Crippen LogP contribution in [0.5, 0.6) is 5.75 Å². The molecule has 0 bridgehead atoms. The Bertz CT molecular complexity index is 599. The van der Waals surface area contributed by atoms with Gasteiger partial charge < -0.3 is 9.64 Å². The molecule has 0 spiro atoms. The van der Waals surface area contributed by atoms with E-state index in [0.717, 1.165) is 31.1 Å². The van der Waals surface area contributed by atoms with Gasteiger partial charge in [-0.1, -0.05) is 18.2 Å². The molecule has 1 aromatic heterocycles. The molecule has 22 heavy (non-hydrogen) atoms. The molecule has 0 saturated carbocycles. The Morgan fingerprint density at radius 2 is 1.91 bits per heavy atom. The Labute approximate surface area is 133 Å². The fourth-order valence-electron chi connectivity index (χ4n) is 2.38. The third-order valence-electron chi connectivity index (χ3n) is 3.88. The molecule has 0 aliphatic carbocycles. The number of aromatic nitrogens is 1. The number of para-hydroxylation sites is 1. The summed E-state index contributed by atoms with van der Waals surface area (Å²) < 4.78 is 7.89. The first-order chi connectivity index (χ1) is 10.6. The van der Waals surface area contributed by atoms with Crippen LogP contribution in [0.1, 0.15) is 12.1 Å². The Hall–Kier alpha value is -2.23. The number of pyridine rings is 1. The molecule has 4 heteroatoms. The van der Waals surface area contributed by atoms with Gasteiger partial charge in [0.25, 0.3) is 5.82 Å². The van der Waals surface area contributed by atoms with E-state index in [1.807, 2.05) is 37.4 Å². The number of rotatable bonds is 7. The maximum Gasteiger partial charge on any atom is 0.276 e. The van der Waals surface area contributed by atoms with Crippen molar-refractivity contribution in [2.45, 2.75) is 13.3 Å². The summed E-state index contributed by atoms with van der Waals surface area (Å²) in [7, 11) is 6.14. The highest BCUT2D eigenvalue weighted by Gasteiger charge is 2.11. The van der Waals surface area contributed by atoms with E-state index in [-0.39, 0.29) is 0 Å². The normalized spacial score (nSPS) is 10.4. The first-order valence-corrected chi connectivity index (χ1v) is 7.69. The van der Waals surface area contributed by atoms with Crippen molar-refractivity contribution in [3.05, 3.63) is 48.2 Å². The fourth-order valence-corrected chi connectivity index (χ4v) is 2.38. The first-order valence-electron chi connectivity index (χ1n) is 7.69. The second-order valence-corrected chi connectivity index (χ2v) is 5.49. The van der Waals surface area contributed by atoms with E-state index in [2.05, 4.69) is 47.9 Å². The summed E-state index contributed by atoms with van der Waals surface area (Å²) in [5.41, 5.74) is 2.45. The lowest BCUT2D eigenvalue weighted by Crippen LogP contribution is -2.36. The van der Waals surface area contributed by atoms with Crippen molar-refractivity contribution in [2.75, 3.05) is 37.5 Å². The largest absolute Gasteiger partial charge is 0.494 e. The van der Waals surface area contributed by atoms with Crippen LogP contribution in [0.4, 0.5) is 11.5 Å². The molecular formula is C18H26N3O+. The summed E-state index contributed by atoms with van der Waals surface area (Å²) in [6.45, 7) is 3.81. The van der Waals surface area contributed by atoms with Crippen LogP contribution in [0.25, 0.3) is 0 Å². The molecule has 0 aliphatic heterocycles. The monoisotopic (exact) mass is 300 g/mol. The van der Waals surface area contributed by atoms with Crippen molar-refractivity contribution in [3.63, 3.8) is 0 Å². The quantitative estimate of drug-likeness (QED) is 0.629. The van der Waals surface area contributed by atoms with Gasteiger partial charge >= 0.3 is 0 Å². The first kappa shape index (κ1) is 16.1. The van der Waals surface area contributed by atoms with Crippen molar-refractivity contribution >= 4 is 11.5 Å². The van der Waals surface area contributed by atoms with Gasteiger partial charge in [0.05, 0.1) is 26.8 Å². The Morgan fingerprint density at radius 3 is 2.59 bits per heavy atom. The van der Waals surface area contributed by atoms with Crippen molar-refractivity contribution < 1.29 is 9.30 Å². The predicted molar refractivity (Wildman–Crippen MR) is 91.7 cm³/mol. The maximum absolute atomic E-state index is 5.74. The lowest BCUT2D eigenvalue weighted by atomic mass is 10.2. The summed E-state index contributed by atoms with van der Waals surface area (Å²) in [5, 5.41) is 3.23. The van der Waals surface area contributed by atoms with Crippen LogP contribution in [0.15, 0.2) is 42.5 Å². The topological polar surface area (TPSA) is 28.4 Å². The number of hydrogen-bond donors (Lipinski definition) is 1. The van der Waals surface area contributed by atoms with Gasteiger partial charge in [0.15, 0.2) is 0 Å². The molecule has 2 aromatic rings. The van der Waals surface area contributed by atoms with E-state index in [9.17, 15) is 0 Å². The predicted octanol–water partition coefficient (Wildman–Crippen LogP) is 2.77. The zero-order chi connectivity index (χ0) is 15.9. The summed E-state index contributed by atoms with van der Waals surface area (Å²) in [6, 6.07) is 14.3. The fraction of sp³-hybridized carbons (Fsp3) is 0.389. The van der Waals surface area contributed by atoms with Crippen LogP contribution in [0.3, 0.4) is 0 Å². The Morgan fingerprint density at radius 1 is 1.18 bits per heavy atom. The van der Waals surface area contributed by atoms with Gasteiger partial charge in [0, 0.05) is 25.3 Å². The highest BCUT2D eigenvalue weighted by molar-refractivity contribution is 5.51. The lowest BCUT2D eigenvalue weighted by Gasteiger charge is -2.20. The van der Waals surface area contributed by atoms with Crippen LogP contribution in [0.2, 0.25) is 0 Å². The standard InChI is InChI=1S/C18H25N3O/c1-15-13-16(14-18(19-2)21(15)4)20(3)11-8-12-22-17-9-6-5-7-10-17/h5-7,9-10,13-14H,8,11-12H2,1-4H3/p+1. The Balaban J connectivity index is 1.87. The van der Waals surface area contributed by atoms with Gasteiger partial charge in [-0.05, 0) is 25.5 Å². The van der Waals surface area contributed by atoms with Crippen molar-refractivity contribution in [2.24, 2.45) is 7.05 Å². The number of ether oxygens (including phenoxy) is 1. The SMILES string of the molecule is CNc1cc(N(C)CCCOc2ccccc2)cc(C)[n+]1C. The van der Waals surface area contributed by atoms with Crippen molar-refractivity contribution in [3.8, 4) is 5.75 Å². The third kappa shape index (κ3) is 4.13.